The van der Waals surface area contributed by atoms with Gasteiger partial charge in [0.25, 0.3) is 6.43 Å². The number of alkyl halides is 2. The minimum atomic E-state index is -2.75. The maximum atomic E-state index is 12.3. The van der Waals surface area contributed by atoms with E-state index in [1.165, 1.54) is 0 Å². The quantitative estimate of drug-likeness (QED) is 0.670. The third kappa shape index (κ3) is 6.32. The first-order chi connectivity index (χ1) is 8.59. The van der Waals surface area contributed by atoms with Crippen LogP contribution in [0.5, 0.6) is 0 Å². The maximum Gasteiger partial charge on any atom is 0.326 e. The van der Waals surface area contributed by atoms with Crippen LogP contribution in [0.25, 0.3) is 0 Å². The third-order valence-electron chi connectivity index (χ3n) is 2.40. The predicted octanol–water partition coefficient (Wildman–Crippen LogP) is 0.755. The lowest BCUT2D eigenvalue weighted by Gasteiger charge is -2.30. The molecule has 0 radical (unpaired) electrons. The molecule has 0 fully saturated rings. The molecule has 0 aliphatic carbocycles. The summed E-state index contributed by atoms with van der Waals surface area (Å²) >= 11 is 0. The summed E-state index contributed by atoms with van der Waals surface area (Å²) < 4.78 is 24.6. The van der Waals surface area contributed by atoms with Gasteiger partial charge in [-0.15, -0.1) is 0 Å². The minimum Gasteiger partial charge on any atom is -0.480 e. The molecule has 0 saturated heterocycles. The van der Waals surface area contributed by atoms with E-state index in [4.69, 9.17) is 10.2 Å². The van der Waals surface area contributed by atoms with Crippen LogP contribution in [0.4, 0.5) is 13.6 Å². The van der Waals surface area contributed by atoms with Gasteiger partial charge in [0, 0.05) is 6.54 Å². The van der Waals surface area contributed by atoms with Crippen LogP contribution in [-0.2, 0) is 4.79 Å². The number of hydrogen-bond acceptors (Lipinski definition) is 3. The van der Waals surface area contributed by atoms with Crippen LogP contribution in [0.2, 0.25) is 0 Å². The Kier molecular flexibility index (Phi) is 6.68. The second kappa shape index (κ2) is 7.22. The predicted molar refractivity (Wildman–Crippen MR) is 64.1 cm³/mol. The molecule has 1 atom stereocenters. The number of nitrogens with one attached hydrogen (secondary N) is 1. The van der Waals surface area contributed by atoms with Gasteiger partial charge in [0.15, 0.2) is 0 Å². The molecule has 0 rings (SSSR count). The highest BCUT2D eigenvalue weighted by molar-refractivity contribution is 5.83. The summed E-state index contributed by atoms with van der Waals surface area (Å²) in [6.45, 7) is 3.20. The second-order valence-electron chi connectivity index (χ2n) is 5.15. The summed E-state index contributed by atoms with van der Waals surface area (Å²) in [7, 11) is 0. The number of halogens is 2. The fourth-order valence-electron chi connectivity index (χ4n) is 1.43. The zero-order chi connectivity index (χ0) is 15.2. The number of aliphatic carboxylic acids is 1. The van der Waals surface area contributed by atoms with Crippen molar-refractivity contribution in [3.05, 3.63) is 0 Å². The molecule has 6 nitrogen and oxygen atoms in total. The van der Waals surface area contributed by atoms with Crippen molar-refractivity contribution in [3.8, 4) is 0 Å². The minimum absolute atomic E-state index is 0.285. The van der Waals surface area contributed by atoms with Crippen molar-refractivity contribution in [1.82, 2.24) is 10.2 Å². The van der Waals surface area contributed by atoms with E-state index in [0.29, 0.717) is 4.90 Å². The van der Waals surface area contributed by atoms with Crippen LogP contribution in [0, 0.1) is 5.41 Å². The molecular weight excluding hydrogens is 262 g/mol. The van der Waals surface area contributed by atoms with Crippen LogP contribution in [0.3, 0.4) is 0 Å². The average Bonchev–Trinajstić information content (AvgIpc) is 2.22. The molecule has 0 heterocycles. The van der Waals surface area contributed by atoms with Gasteiger partial charge < -0.3 is 20.4 Å². The Morgan fingerprint density at radius 3 is 2.16 bits per heavy atom. The lowest BCUT2D eigenvalue weighted by molar-refractivity contribution is -0.142. The number of carbonyl (C=O) groups excluding carboxylic acids is 1. The number of urea groups is 1. The molecule has 19 heavy (non-hydrogen) atoms. The molecule has 8 heteroatoms. The van der Waals surface area contributed by atoms with E-state index in [1.54, 1.807) is 20.8 Å². The highest BCUT2D eigenvalue weighted by atomic mass is 19.3. The van der Waals surface area contributed by atoms with Gasteiger partial charge in [-0.05, 0) is 5.41 Å². The molecule has 0 bridgehead atoms. The van der Waals surface area contributed by atoms with Gasteiger partial charge in [-0.3, -0.25) is 0 Å². The van der Waals surface area contributed by atoms with E-state index in [9.17, 15) is 18.4 Å². The molecule has 112 valence electrons. The van der Waals surface area contributed by atoms with Crippen molar-refractivity contribution < 1.29 is 28.6 Å². The average molecular weight is 282 g/mol. The van der Waals surface area contributed by atoms with Crippen molar-refractivity contribution in [2.24, 2.45) is 5.41 Å². The lowest BCUT2D eigenvalue weighted by atomic mass is 9.87. The first kappa shape index (κ1) is 17.6. The van der Waals surface area contributed by atoms with E-state index in [2.05, 4.69) is 5.32 Å². The summed E-state index contributed by atoms with van der Waals surface area (Å²) in [5.74, 6) is -1.25. The fraction of sp³-hybridized carbons (Fsp3) is 0.818. The van der Waals surface area contributed by atoms with Crippen molar-refractivity contribution in [2.45, 2.75) is 33.2 Å². The smallest absolute Gasteiger partial charge is 0.326 e. The van der Waals surface area contributed by atoms with Gasteiger partial charge in [0.05, 0.1) is 13.2 Å². The largest absolute Gasteiger partial charge is 0.480 e. The molecular formula is C11H20F2N2O4. The standard InChI is InChI=1S/C11H20F2N2O4/c1-11(2,3)8(9(17)18)14-10(19)15(4-5-16)6-7(12)13/h7-8,16H,4-6H2,1-3H3,(H,14,19)(H,17,18). The molecule has 1 unspecified atom stereocenters. The number of rotatable bonds is 6. The van der Waals surface area contributed by atoms with Gasteiger partial charge in [-0.2, -0.15) is 0 Å². The maximum absolute atomic E-state index is 12.3. The zero-order valence-electron chi connectivity index (χ0n) is 11.2. The SMILES string of the molecule is CC(C)(C)C(NC(=O)N(CCO)CC(F)F)C(=O)O. The highest BCUT2D eigenvalue weighted by Crippen LogP contribution is 2.19. The Bertz CT molecular complexity index is 318. The number of carboxylic acids is 1. The van der Waals surface area contributed by atoms with Gasteiger partial charge in [0.2, 0.25) is 0 Å². The third-order valence-corrected chi connectivity index (χ3v) is 2.40. The van der Waals surface area contributed by atoms with Crippen LogP contribution < -0.4 is 5.32 Å². The van der Waals surface area contributed by atoms with Crippen molar-refractivity contribution in [2.75, 3.05) is 19.7 Å². The fourth-order valence-corrected chi connectivity index (χ4v) is 1.43. The number of carboxylic acid groups (broad SMARTS) is 1. The van der Waals surface area contributed by atoms with Crippen LogP contribution >= 0.6 is 0 Å². The molecule has 0 aliphatic heterocycles. The monoisotopic (exact) mass is 282 g/mol. The Morgan fingerprint density at radius 1 is 1.32 bits per heavy atom. The van der Waals surface area contributed by atoms with E-state index >= 15 is 0 Å². The lowest BCUT2D eigenvalue weighted by Crippen LogP contribution is -2.54. The van der Waals surface area contributed by atoms with Gasteiger partial charge >= 0.3 is 12.0 Å². The molecule has 0 spiro atoms. The normalized spacial score (nSPS) is 13.2. The molecule has 0 aromatic heterocycles. The van der Waals surface area contributed by atoms with Crippen LogP contribution in [0.15, 0.2) is 0 Å². The van der Waals surface area contributed by atoms with E-state index in [1.807, 2.05) is 0 Å². The molecule has 0 aromatic carbocycles. The summed E-state index contributed by atoms with van der Waals surface area (Å²) in [6.07, 6.45) is -2.75. The number of hydrogen-bond donors (Lipinski definition) is 3. The molecule has 0 saturated carbocycles. The first-order valence-corrected chi connectivity index (χ1v) is 5.76. The number of aliphatic hydroxyl groups is 1. The first-order valence-electron chi connectivity index (χ1n) is 5.76. The topological polar surface area (TPSA) is 89.9 Å². The highest BCUT2D eigenvalue weighted by Gasteiger charge is 2.34. The molecule has 0 aromatic rings. The van der Waals surface area contributed by atoms with Gasteiger partial charge in [-0.1, -0.05) is 20.8 Å². The van der Waals surface area contributed by atoms with E-state index < -0.39 is 43.0 Å². The molecule has 0 aliphatic rings. The number of amides is 2. The van der Waals surface area contributed by atoms with Crippen molar-refractivity contribution >= 4 is 12.0 Å². The van der Waals surface area contributed by atoms with Crippen molar-refractivity contribution in [1.29, 1.82) is 0 Å². The van der Waals surface area contributed by atoms with Gasteiger partial charge in [0.1, 0.15) is 6.04 Å². The summed E-state index contributed by atoms with van der Waals surface area (Å²) in [5.41, 5.74) is -0.767. The Hall–Kier alpha value is -1.44. The van der Waals surface area contributed by atoms with Crippen molar-refractivity contribution in [3.63, 3.8) is 0 Å². The Labute approximate surface area is 110 Å². The Balaban J connectivity index is 4.81. The second-order valence-corrected chi connectivity index (χ2v) is 5.15. The van der Waals surface area contributed by atoms with Gasteiger partial charge in [-0.25, -0.2) is 18.4 Å². The zero-order valence-corrected chi connectivity index (χ0v) is 11.2. The molecule has 3 N–H and O–H groups in total. The number of carbonyl (C=O) groups is 2. The van der Waals surface area contributed by atoms with Crippen LogP contribution in [-0.4, -0.2) is 59.3 Å². The summed E-state index contributed by atoms with van der Waals surface area (Å²) in [4.78, 5) is 23.5. The Morgan fingerprint density at radius 2 is 1.84 bits per heavy atom. The van der Waals surface area contributed by atoms with Crippen LogP contribution in [0.1, 0.15) is 20.8 Å². The van der Waals surface area contributed by atoms with E-state index in [0.717, 1.165) is 0 Å². The summed E-state index contributed by atoms with van der Waals surface area (Å²) in [5, 5.41) is 19.9. The summed E-state index contributed by atoms with van der Waals surface area (Å²) in [6, 6.07) is -2.14. The number of aliphatic hydroxyl groups excluding tert-OH is 1. The van der Waals surface area contributed by atoms with E-state index in [-0.39, 0.29) is 6.54 Å². The molecule has 2 amide bonds. The number of nitrogens with zero attached hydrogens (tertiary/aromatic N) is 1.